The number of ether oxygens (including phenoxy) is 1. The topological polar surface area (TPSA) is 9.23 Å². The van der Waals surface area contributed by atoms with E-state index in [-0.39, 0.29) is 11.3 Å². The molecule has 1 aromatic carbocycles. The summed E-state index contributed by atoms with van der Waals surface area (Å²) >= 11 is 0. The van der Waals surface area contributed by atoms with E-state index in [1.54, 1.807) is 18.2 Å². The highest BCUT2D eigenvalue weighted by Crippen LogP contribution is 2.28. The Hall–Kier alpha value is -1.24. The van der Waals surface area contributed by atoms with Gasteiger partial charge in [-0.05, 0) is 11.6 Å². The van der Waals surface area contributed by atoms with Crippen LogP contribution in [0, 0.1) is 0 Å². The summed E-state index contributed by atoms with van der Waals surface area (Å²) in [6.07, 6.45) is -0.644. The quantitative estimate of drug-likeness (QED) is 0.596. The second-order valence-electron chi connectivity index (χ2n) is 2.25. The van der Waals surface area contributed by atoms with Crippen molar-refractivity contribution in [2.24, 2.45) is 0 Å². The third-order valence-corrected chi connectivity index (χ3v) is 1.62. The van der Waals surface area contributed by atoms with Crippen LogP contribution in [0.4, 0.5) is 0 Å². The first-order chi connectivity index (χ1) is 6.90. The second-order valence-corrected chi connectivity index (χ2v) is 2.25. The van der Waals surface area contributed by atoms with Gasteiger partial charge in [0, 0.05) is 14.7 Å². The average molecular weight is 150 g/mol. The summed E-state index contributed by atoms with van der Waals surface area (Å²) in [5.74, 6) is 0.252. The van der Waals surface area contributed by atoms with Crippen molar-refractivity contribution in [3.63, 3.8) is 0 Å². The summed E-state index contributed by atoms with van der Waals surface area (Å²) < 4.78 is 35.4. The molecule has 1 heterocycles. The fourth-order valence-electron chi connectivity index (χ4n) is 1.07. The van der Waals surface area contributed by atoms with E-state index in [1.807, 2.05) is 0 Å². The SMILES string of the molecule is [2H]C1([2H])Oc2cccc(C=C)c2C1([2H])[2H]. The number of rotatable bonds is 1. The van der Waals surface area contributed by atoms with Gasteiger partial charge < -0.3 is 4.74 Å². The fraction of sp³-hybridized carbons (Fsp3) is 0.200. The Morgan fingerprint density at radius 3 is 3.36 bits per heavy atom. The summed E-state index contributed by atoms with van der Waals surface area (Å²) in [5, 5.41) is 0. The Labute approximate surface area is 71.9 Å². The van der Waals surface area contributed by atoms with Gasteiger partial charge in [-0.3, -0.25) is 0 Å². The fourth-order valence-corrected chi connectivity index (χ4v) is 1.07. The molecule has 56 valence electrons. The number of hydrogen-bond donors (Lipinski definition) is 0. The minimum absolute atomic E-state index is 0.241. The van der Waals surface area contributed by atoms with Crippen molar-refractivity contribution in [2.75, 3.05) is 6.56 Å². The van der Waals surface area contributed by atoms with Gasteiger partial charge in [-0.1, -0.05) is 24.8 Å². The van der Waals surface area contributed by atoms with E-state index in [0.29, 0.717) is 5.56 Å². The molecule has 0 aromatic heterocycles. The third-order valence-electron chi connectivity index (χ3n) is 1.62. The summed E-state index contributed by atoms with van der Waals surface area (Å²) in [5.41, 5.74) is 0.809. The minimum atomic E-state index is -2.32. The molecule has 1 heteroatoms. The lowest BCUT2D eigenvalue weighted by Gasteiger charge is -2.00. The molecule has 1 nitrogen and oxygen atoms in total. The molecule has 0 amide bonds. The van der Waals surface area contributed by atoms with E-state index >= 15 is 0 Å². The maximum Gasteiger partial charge on any atom is 0.123 e. The Kier molecular flexibility index (Phi) is 0.757. The molecular formula is C10H10O. The van der Waals surface area contributed by atoms with Gasteiger partial charge in [-0.25, -0.2) is 0 Å². The molecular weight excluding hydrogens is 136 g/mol. The minimum Gasteiger partial charge on any atom is -0.493 e. The van der Waals surface area contributed by atoms with Crippen LogP contribution in [0.1, 0.15) is 16.6 Å². The van der Waals surface area contributed by atoms with Crippen LogP contribution in [0.15, 0.2) is 24.8 Å². The summed E-state index contributed by atoms with van der Waals surface area (Å²) in [7, 11) is 0. The highest BCUT2D eigenvalue weighted by atomic mass is 16.5. The van der Waals surface area contributed by atoms with Crippen molar-refractivity contribution in [1.29, 1.82) is 0 Å². The molecule has 0 saturated carbocycles. The third kappa shape index (κ3) is 0.929. The van der Waals surface area contributed by atoms with Gasteiger partial charge in [0.05, 0.1) is 9.30 Å². The molecule has 11 heavy (non-hydrogen) atoms. The molecule has 1 aliphatic rings. The van der Waals surface area contributed by atoms with Crippen LogP contribution in [0.2, 0.25) is 0 Å². The molecule has 0 saturated heterocycles. The Morgan fingerprint density at radius 1 is 1.64 bits per heavy atom. The molecule has 0 bridgehead atoms. The largest absolute Gasteiger partial charge is 0.493 e. The Morgan fingerprint density at radius 2 is 2.55 bits per heavy atom. The van der Waals surface area contributed by atoms with E-state index in [0.717, 1.165) is 0 Å². The molecule has 0 fully saturated rings. The van der Waals surface area contributed by atoms with Crippen molar-refractivity contribution in [1.82, 2.24) is 0 Å². The summed E-state index contributed by atoms with van der Waals surface area (Å²) in [6.45, 7) is 1.25. The van der Waals surface area contributed by atoms with Gasteiger partial charge in [-0.2, -0.15) is 0 Å². The van der Waals surface area contributed by atoms with Crippen molar-refractivity contribution >= 4 is 6.08 Å². The molecule has 0 atom stereocenters. The highest BCUT2D eigenvalue weighted by Gasteiger charge is 2.13. The molecule has 0 radical (unpaired) electrons. The molecule has 1 aromatic rings. The van der Waals surface area contributed by atoms with E-state index in [9.17, 15) is 0 Å². The van der Waals surface area contributed by atoms with Crippen LogP contribution in [-0.2, 0) is 6.37 Å². The summed E-state index contributed by atoms with van der Waals surface area (Å²) in [4.78, 5) is 0. The number of hydrogen-bond acceptors (Lipinski definition) is 1. The Bertz CT molecular complexity index is 425. The van der Waals surface area contributed by atoms with Crippen molar-refractivity contribution in [2.45, 2.75) is 6.37 Å². The van der Waals surface area contributed by atoms with Gasteiger partial charge in [-0.15, -0.1) is 0 Å². The predicted molar refractivity (Wildman–Crippen MR) is 45.7 cm³/mol. The van der Waals surface area contributed by atoms with Crippen LogP contribution in [-0.4, -0.2) is 6.56 Å². The molecule has 0 unspecified atom stereocenters. The van der Waals surface area contributed by atoms with Crippen LogP contribution < -0.4 is 4.74 Å². The Balaban J connectivity index is 2.70. The van der Waals surface area contributed by atoms with Crippen molar-refractivity contribution in [3.05, 3.63) is 35.9 Å². The van der Waals surface area contributed by atoms with E-state index in [4.69, 9.17) is 10.2 Å². The van der Waals surface area contributed by atoms with E-state index < -0.39 is 12.9 Å². The van der Waals surface area contributed by atoms with Gasteiger partial charge in [0.15, 0.2) is 0 Å². The molecule has 1 aliphatic heterocycles. The first kappa shape index (κ1) is 3.44. The normalized spacial score (nSPS) is 28.4. The summed E-state index contributed by atoms with van der Waals surface area (Å²) in [6, 6.07) is 4.94. The zero-order valence-electron chi connectivity index (χ0n) is 9.92. The van der Waals surface area contributed by atoms with Gasteiger partial charge in [0.1, 0.15) is 5.75 Å². The van der Waals surface area contributed by atoms with E-state index in [1.165, 1.54) is 6.08 Å². The van der Waals surface area contributed by atoms with Crippen LogP contribution in [0.25, 0.3) is 6.08 Å². The van der Waals surface area contributed by atoms with Crippen LogP contribution in [0.5, 0.6) is 5.75 Å². The molecule has 0 N–H and O–H groups in total. The van der Waals surface area contributed by atoms with E-state index in [2.05, 4.69) is 6.58 Å². The highest BCUT2D eigenvalue weighted by molar-refractivity contribution is 5.57. The van der Waals surface area contributed by atoms with Crippen molar-refractivity contribution < 1.29 is 10.2 Å². The maximum atomic E-state index is 7.73. The maximum absolute atomic E-state index is 7.73. The first-order valence-electron chi connectivity index (χ1n) is 5.35. The molecule has 0 spiro atoms. The van der Waals surface area contributed by atoms with Gasteiger partial charge in [0.25, 0.3) is 0 Å². The van der Waals surface area contributed by atoms with Gasteiger partial charge in [0.2, 0.25) is 0 Å². The monoisotopic (exact) mass is 150 g/mol. The first-order valence-corrected chi connectivity index (χ1v) is 3.35. The lowest BCUT2D eigenvalue weighted by molar-refractivity contribution is 0.357. The zero-order chi connectivity index (χ0) is 11.3. The second kappa shape index (κ2) is 2.42. The standard InChI is InChI=1S/C10H10O/c1-2-8-4-3-5-10-9(8)6-7-11-10/h2-5H,1,6-7H2/i6D2,7D2. The lowest BCUT2D eigenvalue weighted by atomic mass is 10.1. The predicted octanol–water partition coefficient (Wildman–Crippen LogP) is 2.26. The van der Waals surface area contributed by atoms with Gasteiger partial charge >= 0.3 is 0 Å². The zero-order valence-corrected chi connectivity index (χ0v) is 5.92. The molecule has 0 aliphatic carbocycles. The lowest BCUT2D eigenvalue weighted by Crippen LogP contribution is -1.86. The van der Waals surface area contributed by atoms with Crippen LogP contribution in [0.3, 0.4) is 0 Å². The molecule has 2 rings (SSSR count). The number of fused-ring (bicyclic) bond motifs is 1. The van der Waals surface area contributed by atoms with Crippen molar-refractivity contribution in [3.8, 4) is 5.75 Å². The smallest absolute Gasteiger partial charge is 0.123 e. The average Bonchev–Trinajstić information content (AvgIpc) is 2.33. The number of benzene rings is 1. The van der Waals surface area contributed by atoms with Crippen LogP contribution >= 0.6 is 0 Å².